The van der Waals surface area contributed by atoms with Gasteiger partial charge in [0.2, 0.25) is 0 Å². The number of ether oxygens (including phenoxy) is 2. The van der Waals surface area contributed by atoms with E-state index in [0.29, 0.717) is 24.7 Å². The van der Waals surface area contributed by atoms with E-state index in [9.17, 15) is 5.11 Å². The number of H-pyrrole nitrogens is 1. The fraction of sp³-hybridized carbons (Fsp3) is 0.133. The predicted octanol–water partition coefficient (Wildman–Crippen LogP) is 5.68. The van der Waals surface area contributed by atoms with Gasteiger partial charge in [0, 0.05) is 29.5 Å². The molecule has 2 N–H and O–H groups in total. The molecule has 0 bridgehead atoms. The molecule has 3 heterocycles. The quantitative estimate of drug-likeness (QED) is 0.262. The van der Waals surface area contributed by atoms with Gasteiger partial charge in [0.1, 0.15) is 18.1 Å². The van der Waals surface area contributed by atoms with Crippen LogP contribution in [0.5, 0.6) is 11.5 Å². The molecule has 0 spiro atoms. The molecule has 186 valence electrons. The third-order valence-electron chi connectivity index (χ3n) is 5.92. The Balaban J connectivity index is 1.32. The summed E-state index contributed by atoms with van der Waals surface area (Å²) in [6.45, 7) is 0.805. The van der Waals surface area contributed by atoms with E-state index in [-0.39, 0.29) is 6.61 Å². The normalized spacial score (nSPS) is 11.6. The smallest absolute Gasteiger partial charge is 0.130 e. The lowest BCUT2D eigenvalue weighted by Crippen LogP contribution is -2.05. The number of benzene rings is 2. The van der Waals surface area contributed by atoms with Crippen LogP contribution in [0.3, 0.4) is 0 Å². The lowest BCUT2D eigenvalue weighted by atomic mass is 10.1. The van der Waals surface area contributed by atoms with Crippen LogP contribution in [0, 0.1) is 0 Å². The third-order valence-corrected chi connectivity index (χ3v) is 5.92. The van der Waals surface area contributed by atoms with Crippen molar-refractivity contribution in [2.75, 3.05) is 13.7 Å². The summed E-state index contributed by atoms with van der Waals surface area (Å²) in [5, 5.41) is 15.3. The summed E-state index contributed by atoms with van der Waals surface area (Å²) >= 11 is 0. The number of aliphatic hydroxyl groups excluding tert-OH is 1. The second-order valence-electron chi connectivity index (χ2n) is 8.45. The van der Waals surface area contributed by atoms with Crippen molar-refractivity contribution in [1.82, 2.24) is 19.7 Å². The van der Waals surface area contributed by atoms with E-state index < -0.39 is 0 Å². The van der Waals surface area contributed by atoms with E-state index in [1.165, 1.54) is 5.39 Å². The highest BCUT2D eigenvalue weighted by Crippen LogP contribution is 2.27. The van der Waals surface area contributed by atoms with Crippen molar-refractivity contribution in [3.8, 4) is 11.5 Å². The summed E-state index contributed by atoms with van der Waals surface area (Å²) in [7, 11) is 1.64. The lowest BCUT2D eigenvalue weighted by Gasteiger charge is -2.09. The van der Waals surface area contributed by atoms with Crippen LogP contribution in [0.4, 0.5) is 0 Å². The van der Waals surface area contributed by atoms with E-state index in [0.717, 1.165) is 33.7 Å². The molecule has 0 saturated carbocycles. The highest BCUT2D eigenvalue weighted by atomic mass is 16.5. The highest BCUT2D eigenvalue weighted by molar-refractivity contribution is 5.83. The first-order valence-corrected chi connectivity index (χ1v) is 12.0. The molecule has 3 aromatic heterocycles. The van der Waals surface area contributed by atoms with Crippen molar-refractivity contribution in [2.45, 2.75) is 13.2 Å². The SMILES string of the molecule is COc1cc(OCc2ccccn2)ccc1/C=C/c1cc(/C=C/c2ccc3cc[nH]c3c2)n(CCO)n1. The van der Waals surface area contributed by atoms with Gasteiger partial charge < -0.3 is 19.6 Å². The fourth-order valence-electron chi connectivity index (χ4n) is 4.03. The van der Waals surface area contributed by atoms with Gasteiger partial charge in [-0.3, -0.25) is 9.67 Å². The van der Waals surface area contributed by atoms with Gasteiger partial charge in [0.05, 0.1) is 37.3 Å². The molecule has 0 aliphatic heterocycles. The molecule has 0 atom stereocenters. The van der Waals surface area contributed by atoms with Crippen molar-refractivity contribution in [3.63, 3.8) is 0 Å². The number of nitrogens with zero attached hydrogens (tertiary/aromatic N) is 3. The zero-order valence-electron chi connectivity index (χ0n) is 20.5. The zero-order valence-corrected chi connectivity index (χ0v) is 20.5. The molecule has 5 rings (SSSR count). The number of rotatable bonds is 10. The number of methoxy groups -OCH3 is 1. The summed E-state index contributed by atoms with van der Waals surface area (Å²) in [6.07, 6.45) is 11.6. The third kappa shape index (κ3) is 5.97. The average molecular weight is 493 g/mol. The molecule has 2 aromatic carbocycles. The minimum Gasteiger partial charge on any atom is -0.496 e. The van der Waals surface area contributed by atoms with Crippen molar-refractivity contribution >= 4 is 35.2 Å². The number of fused-ring (bicyclic) bond motifs is 1. The molecule has 7 heteroatoms. The van der Waals surface area contributed by atoms with Gasteiger partial charge in [-0.25, -0.2) is 0 Å². The summed E-state index contributed by atoms with van der Waals surface area (Å²) in [4.78, 5) is 7.52. The first-order chi connectivity index (χ1) is 18.2. The van der Waals surface area contributed by atoms with E-state index in [1.807, 2.05) is 73.0 Å². The number of nitrogens with one attached hydrogen (secondary N) is 1. The van der Waals surface area contributed by atoms with Crippen LogP contribution in [0.15, 0.2) is 79.1 Å². The highest BCUT2D eigenvalue weighted by Gasteiger charge is 2.07. The Morgan fingerprint density at radius 1 is 0.973 bits per heavy atom. The maximum Gasteiger partial charge on any atom is 0.130 e. The minimum absolute atomic E-state index is 0.00783. The number of hydrogen-bond acceptors (Lipinski definition) is 5. The van der Waals surface area contributed by atoms with E-state index in [1.54, 1.807) is 18.0 Å². The maximum absolute atomic E-state index is 9.51. The topological polar surface area (TPSA) is 85.2 Å². The van der Waals surface area contributed by atoms with Gasteiger partial charge in [-0.2, -0.15) is 5.10 Å². The Bertz CT molecular complexity index is 1530. The second kappa shape index (κ2) is 11.4. The van der Waals surface area contributed by atoms with Crippen LogP contribution in [0.25, 0.3) is 35.2 Å². The molecule has 5 aromatic rings. The molecule has 37 heavy (non-hydrogen) atoms. The van der Waals surface area contributed by atoms with Gasteiger partial charge in [-0.1, -0.05) is 24.3 Å². The summed E-state index contributed by atoms with van der Waals surface area (Å²) in [5.74, 6) is 1.40. The predicted molar refractivity (Wildman–Crippen MR) is 147 cm³/mol. The Labute approximate surface area is 215 Å². The fourth-order valence-corrected chi connectivity index (χ4v) is 4.03. The molecule has 0 fully saturated rings. The second-order valence-corrected chi connectivity index (χ2v) is 8.45. The first-order valence-electron chi connectivity index (χ1n) is 12.0. The largest absolute Gasteiger partial charge is 0.496 e. The first kappa shape index (κ1) is 24.1. The molecule has 0 saturated heterocycles. The number of pyridine rings is 1. The van der Waals surface area contributed by atoms with Crippen LogP contribution in [-0.4, -0.2) is 38.6 Å². The minimum atomic E-state index is 0.00783. The molecule has 0 aliphatic carbocycles. The molecule has 0 unspecified atom stereocenters. The van der Waals surface area contributed by atoms with Gasteiger partial charge in [-0.05, 0) is 71.6 Å². The van der Waals surface area contributed by atoms with Crippen molar-refractivity contribution in [1.29, 1.82) is 0 Å². The van der Waals surface area contributed by atoms with Gasteiger partial charge in [0.15, 0.2) is 0 Å². The molecule has 0 amide bonds. The van der Waals surface area contributed by atoms with E-state index in [4.69, 9.17) is 9.47 Å². The van der Waals surface area contributed by atoms with Crippen molar-refractivity contribution in [2.24, 2.45) is 0 Å². The monoisotopic (exact) mass is 492 g/mol. The van der Waals surface area contributed by atoms with Gasteiger partial charge in [0.25, 0.3) is 0 Å². The van der Waals surface area contributed by atoms with Crippen molar-refractivity contribution in [3.05, 3.63) is 107 Å². The number of aromatic amines is 1. The standard InChI is InChI=1S/C30H28N4O3/c1-36-30-20-28(37-21-26-4-2-3-14-31-26)12-9-24(30)8-10-25-19-27(34(33-25)16-17-35)11-6-22-5-7-23-13-15-32-29(23)18-22/h2-15,18-20,32,35H,16-17,21H2,1H3/b10-8+,11-6+. The van der Waals surface area contributed by atoms with Gasteiger partial charge >= 0.3 is 0 Å². The van der Waals surface area contributed by atoms with E-state index in [2.05, 4.69) is 39.3 Å². The average Bonchev–Trinajstić information content (AvgIpc) is 3.57. The van der Waals surface area contributed by atoms with Crippen LogP contribution in [-0.2, 0) is 13.2 Å². The Kier molecular flexibility index (Phi) is 7.43. The Hall–Kier alpha value is -4.62. The summed E-state index contributed by atoms with van der Waals surface area (Å²) < 4.78 is 13.3. The molecular weight excluding hydrogens is 464 g/mol. The molecule has 7 nitrogen and oxygen atoms in total. The van der Waals surface area contributed by atoms with Crippen LogP contribution in [0.1, 0.15) is 28.2 Å². The van der Waals surface area contributed by atoms with E-state index >= 15 is 0 Å². The number of aromatic nitrogens is 4. The molecular formula is C30H28N4O3. The zero-order chi connectivity index (χ0) is 25.5. The lowest BCUT2D eigenvalue weighted by molar-refractivity contribution is 0.269. The van der Waals surface area contributed by atoms with Crippen LogP contribution >= 0.6 is 0 Å². The number of hydrogen-bond donors (Lipinski definition) is 2. The molecule has 0 radical (unpaired) electrons. The number of aliphatic hydroxyl groups is 1. The summed E-state index contributed by atoms with van der Waals surface area (Å²) in [6, 6.07) is 21.8. The Morgan fingerprint density at radius 3 is 2.76 bits per heavy atom. The van der Waals surface area contributed by atoms with Crippen molar-refractivity contribution < 1.29 is 14.6 Å². The van der Waals surface area contributed by atoms with Crippen LogP contribution in [0.2, 0.25) is 0 Å². The Morgan fingerprint density at radius 2 is 1.92 bits per heavy atom. The summed E-state index contributed by atoms with van der Waals surface area (Å²) in [5.41, 5.74) is 5.63. The maximum atomic E-state index is 9.51. The molecule has 0 aliphatic rings. The van der Waals surface area contributed by atoms with Crippen LogP contribution < -0.4 is 9.47 Å². The van der Waals surface area contributed by atoms with Gasteiger partial charge in [-0.15, -0.1) is 0 Å².